The van der Waals surface area contributed by atoms with Crippen LogP contribution in [-0.2, 0) is 6.42 Å². The lowest BCUT2D eigenvalue weighted by Crippen LogP contribution is -2.26. The molecule has 2 nitrogen and oxygen atoms in total. The Balaban J connectivity index is 2.19. The summed E-state index contributed by atoms with van der Waals surface area (Å²) in [5.74, 6) is 0. The maximum atomic E-state index is 10.4. The van der Waals surface area contributed by atoms with Gasteiger partial charge in [0.15, 0.2) is 0 Å². The third-order valence-corrected chi connectivity index (χ3v) is 4.33. The number of nitrogens with zero attached hydrogens (tertiary/aromatic N) is 1. The quantitative estimate of drug-likeness (QED) is 0.828. The van der Waals surface area contributed by atoms with Crippen LogP contribution in [0.4, 0.5) is 0 Å². The van der Waals surface area contributed by atoms with Gasteiger partial charge in [0.25, 0.3) is 0 Å². The van der Waals surface area contributed by atoms with E-state index in [2.05, 4.69) is 62.6 Å². The zero-order chi connectivity index (χ0) is 14.5. The lowest BCUT2D eigenvalue weighted by Gasteiger charge is -2.34. The van der Waals surface area contributed by atoms with Crippen molar-refractivity contribution in [1.82, 2.24) is 4.57 Å². The largest absolute Gasteiger partial charge is 0.388 e. The van der Waals surface area contributed by atoms with Crippen LogP contribution in [0.15, 0.2) is 30.3 Å². The predicted octanol–water partition coefficient (Wildman–Crippen LogP) is 4.10. The van der Waals surface area contributed by atoms with E-state index in [1.54, 1.807) is 0 Å². The first kappa shape index (κ1) is 13.4. The molecule has 1 atom stereocenters. The Labute approximate surface area is 121 Å². The Bertz CT molecular complexity index is 651. The van der Waals surface area contributed by atoms with Gasteiger partial charge in [-0.25, -0.2) is 0 Å². The molecule has 106 valence electrons. The molecule has 2 heteroatoms. The number of benzene rings is 1. The van der Waals surface area contributed by atoms with Crippen molar-refractivity contribution in [1.29, 1.82) is 0 Å². The van der Waals surface area contributed by atoms with Crippen molar-refractivity contribution in [3.05, 3.63) is 52.8 Å². The van der Waals surface area contributed by atoms with Crippen LogP contribution in [-0.4, -0.2) is 9.67 Å². The van der Waals surface area contributed by atoms with Crippen LogP contribution in [0.25, 0.3) is 5.69 Å². The molecule has 0 spiro atoms. The molecule has 1 aromatic heterocycles. The van der Waals surface area contributed by atoms with Crippen LogP contribution >= 0.6 is 0 Å². The first-order valence-corrected chi connectivity index (χ1v) is 7.34. The summed E-state index contributed by atoms with van der Waals surface area (Å²) in [7, 11) is 0. The van der Waals surface area contributed by atoms with Crippen LogP contribution in [0.2, 0.25) is 0 Å². The van der Waals surface area contributed by atoms with Crippen LogP contribution in [0.3, 0.4) is 0 Å². The summed E-state index contributed by atoms with van der Waals surface area (Å²) in [6.07, 6.45) is 1.52. The van der Waals surface area contributed by atoms with Gasteiger partial charge in [-0.3, -0.25) is 0 Å². The molecule has 0 bridgehead atoms. The zero-order valence-corrected chi connectivity index (χ0v) is 12.8. The molecule has 2 aromatic rings. The van der Waals surface area contributed by atoms with E-state index in [0.29, 0.717) is 0 Å². The lowest BCUT2D eigenvalue weighted by atomic mass is 9.75. The van der Waals surface area contributed by atoms with Crippen LogP contribution in [0, 0.1) is 19.3 Å². The molecule has 1 N–H and O–H groups in total. The van der Waals surface area contributed by atoms with Gasteiger partial charge in [-0.1, -0.05) is 26.0 Å². The zero-order valence-electron chi connectivity index (χ0n) is 12.8. The molecule has 0 saturated heterocycles. The number of aryl methyl sites for hydroxylation is 2. The summed E-state index contributed by atoms with van der Waals surface area (Å²) in [5.41, 5.74) is 6.21. The fraction of sp³-hybridized carbons (Fsp3) is 0.444. The molecule has 1 heterocycles. The highest BCUT2D eigenvalue weighted by Crippen LogP contribution is 2.42. The summed E-state index contributed by atoms with van der Waals surface area (Å²) < 4.78 is 2.31. The fourth-order valence-electron chi connectivity index (χ4n) is 3.47. The number of aliphatic hydroxyl groups is 1. The highest BCUT2D eigenvalue weighted by molar-refractivity contribution is 5.45. The molecule has 0 aliphatic heterocycles. The first-order chi connectivity index (χ1) is 9.37. The van der Waals surface area contributed by atoms with E-state index in [4.69, 9.17) is 0 Å². The van der Waals surface area contributed by atoms with Gasteiger partial charge in [0, 0.05) is 22.6 Å². The predicted molar refractivity (Wildman–Crippen MR) is 82.3 cm³/mol. The molecule has 1 unspecified atom stereocenters. The van der Waals surface area contributed by atoms with Gasteiger partial charge in [-0.05, 0) is 55.9 Å². The summed E-state index contributed by atoms with van der Waals surface area (Å²) in [4.78, 5) is 0. The van der Waals surface area contributed by atoms with Crippen molar-refractivity contribution in [3.8, 4) is 5.69 Å². The Kier molecular flexibility index (Phi) is 3.02. The third-order valence-electron chi connectivity index (χ3n) is 4.33. The van der Waals surface area contributed by atoms with E-state index in [-0.39, 0.29) is 11.5 Å². The minimum atomic E-state index is -0.335. The number of aromatic nitrogens is 1. The smallest absolute Gasteiger partial charge is 0.0812 e. The minimum Gasteiger partial charge on any atom is -0.388 e. The van der Waals surface area contributed by atoms with Crippen LogP contribution in [0.5, 0.6) is 0 Å². The van der Waals surface area contributed by atoms with Gasteiger partial charge in [0.05, 0.1) is 6.10 Å². The highest BCUT2D eigenvalue weighted by Gasteiger charge is 2.34. The Morgan fingerprint density at radius 3 is 2.65 bits per heavy atom. The van der Waals surface area contributed by atoms with Crippen molar-refractivity contribution < 1.29 is 5.11 Å². The van der Waals surface area contributed by atoms with Gasteiger partial charge in [-0.2, -0.15) is 0 Å². The molecule has 0 saturated carbocycles. The summed E-state index contributed by atoms with van der Waals surface area (Å²) >= 11 is 0. The van der Waals surface area contributed by atoms with E-state index < -0.39 is 0 Å². The first-order valence-electron chi connectivity index (χ1n) is 7.34. The normalized spacial score (nSPS) is 20.8. The van der Waals surface area contributed by atoms with Crippen LogP contribution < -0.4 is 0 Å². The summed E-state index contributed by atoms with van der Waals surface area (Å²) in [5, 5.41) is 10.4. The molecule has 20 heavy (non-hydrogen) atoms. The molecule has 1 aliphatic rings. The van der Waals surface area contributed by atoms with Crippen molar-refractivity contribution in [3.63, 3.8) is 0 Å². The van der Waals surface area contributed by atoms with Crippen LogP contribution in [0.1, 0.15) is 48.9 Å². The second-order valence-corrected chi connectivity index (χ2v) is 6.92. The molecule has 1 aromatic carbocycles. The van der Waals surface area contributed by atoms with E-state index in [9.17, 15) is 5.11 Å². The molecule has 0 fully saturated rings. The van der Waals surface area contributed by atoms with Gasteiger partial charge in [-0.15, -0.1) is 0 Å². The second kappa shape index (κ2) is 4.49. The van der Waals surface area contributed by atoms with E-state index in [1.165, 1.54) is 22.6 Å². The van der Waals surface area contributed by atoms with E-state index >= 15 is 0 Å². The second-order valence-electron chi connectivity index (χ2n) is 6.92. The third kappa shape index (κ3) is 2.18. The maximum Gasteiger partial charge on any atom is 0.0812 e. The Morgan fingerprint density at radius 1 is 1.20 bits per heavy atom. The minimum absolute atomic E-state index is 0.152. The Hall–Kier alpha value is -1.54. The lowest BCUT2D eigenvalue weighted by molar-refractivity contribution is 0.0987. The average molecular weight is 269 g/mol. The van der Waals surface area contributed by atoms with E-state index in [1.807, 2.05) is 0 Å². The fourth-order valence-corrected chi connectivity index (χ4v) is 3.47. The molecular formula is C18H23NO. The standard InChI is InChI=1S/C18H23NO/c1-12-6-5-7-14(8-12)19-13(2)9-15-16(19)10-18(3,4)11-17(15)20/h5-9,17,20H,10-11H2,1-4H3. The molecular weight excluding hydrogens is 246 g/mol. The highest BCUT2D eigenvalue weighted by atomic mass is 16.3. The van der Waals surface area contributed by atoms with Crippen molar-refractivity contribution in [2.24, 2.45) is 5.41 Å². The van der Waals surface area contributed by atoms with Crippen molar-refractivity contribution in [2.45, 2.75) is 46.6 Å². The van der Waals surface area contributed by atoms with Gasteiger partial charge in [0.1, 0.15) is 0 Å². The van der Waals surface area contributed by atoms with Crippen molar-refractivity contribution in [2.75, 3.05) is 0 Å². The number of hydrogen-bond donors (Lipinski definition) is 1. The van der Waals surface area contributed by atoms with Crippen molar-refractivity contribution >= 4 is 0 Å². The number of aliphatic hydroxyl groups excluding tert-OH is 1. The number of hydrogen-bond acceptors (Lipinski definition) is 1. The summed E-state index contributed by atoms with van der Waals surface area (Å²) in [6, 6.07) is 10.7. The van der Waals surface area contributed by atoms with E-state index in [0.717, 1.165) is 18.4 Å². The van der Waals surface area contributed by atoms with Gasteiger partial charge in [0.2, 0.25) is 0 Å². The topological polar surface area (TPSA) is 25.2 Å². The number of rotatable bonds is 1. The molecule has 0 radical (unpaired) electrons. The van der Waals surface area contributed by atoms with Gasteiger partial charge >= 0.3 is 0 Å². The SMILES string of the molecule is Cc1cccc(-n2c(C)cc3c2CC(C)(C)CC3O)c1. The number of fused-ring (bicyclic) bond motifs is 1. The summed E-state index contributed by atoms with van der Waals surface area (Å²) in [6.45, 7) is 8.72. The Morgan fingerprint density at radius 2 is 1.95 bits per heavy atom. The molecule has 3 rings (SSSR count). The average Bonchev–Trinajstić information content (AvgIpc) is 2.64. The molecule has 1 aliphatic carbocycles. The molecule has 0 amide bonds. The monoisotopic (exact) mass is 269 g/mol. The van der Waals surface area contributed by atoms with Gasteiger partial charge < -0.3 is 9.67 Å². The maximum absolute atomic E-state index is 10.4.